The lowest BCUT2D eigenvalue weighted by Crippen LogP contribution is -2.38. The molecular weight excluding hydrogens is 324 g/mol. The van der Waals surface area contributed by atoms with Crippen molar-refractivity contribution in [2.24, 2.45) is 11.8 Å². The van der Waals surface area contributed by atoms with E-state index in [1.54, 1.807) is 6.26 Å². The minimum absolute atomic E-state index is 0.0661. The number of nitrogens with one attached hydrogen (secondary N) is 1. The molecule has 0 aliphatic carbocycles. The van der Waals surface area contributed by atoms with Crippen molar-refractivity contribution in [3.63, 3.8) is 0 Å². The molecule has 2 atom stereocenters. The van der Waals surface area contributed by atoms with E-state index in [1.807, 2.05) is 12.1 Å². The first-order valence-corrected chi connectivity index (χ1v) is 9.68. The molecule has 1 aliphatic heterocycles. The van der Waals surface area contributed by atoms with Gasteiger partial charge in [-0.05, 0) is 41.5 Å². The Kier molecular flexibility index (Phi) is 6.51. The number of hydrogen-bond donors (Lipinski definition) is 1. The van der Waals surface area contributed by atoms with Crippen molar-refractivity contribution in [2.75, 3.05) is 13.1 Å². The highest BCUT2D eigenvalue weighted by molar-refractivity contribution is 5.76. The molecule has 0 saturated carbocycles. The molecule has 1 saturated heterocycles. The highest BCUT2D eigenvalue weighted by Gasteiger charge is 2.22. The second-order valence-corrected chi connectivity index (χ2v) is 7.76. The number of hydrogen-bond acceptors (Lipinski definition) is 3. The van der Waals surface area contributed by atoms with Crippen molar-refractivity contribution in [3.05, 3.63) is 59.5 Å². The lowest BCUT2D eigenvalue weighted by molar-refractivity contribution is -0.121. The molecular formula is C22H30N2O2. The molecule has 0 radical (unpaired) electrons. The summed E-state index contributed by atoms with van der Waals surface area (Å²) in [5.74, 6) is 2.43. The zero-order valence-electron chi connectivity index (χ0n) is 15.9. The lowest BCUT2D eigenvalue weighted by Gasteiger charge is -2.35. The Labute approximate surface area is 156 Å². The summed E-state index contributed by atoms with van der Waals surface area (Å²) in [5, 5.41) is 3.06. The third kappa shape index (κ3) is 5.46. The van der Waals surface area contributed by atoms with Crippen LogP contribution in [0.3, 0.4) is 0 Å². The van der Waals surface area contributed by atoms with Crippen LogP contribution in [0.5, 0.6) is 0 Å². The van der Waals surface area contributed by atoms with Crippen molar-refractivity contribution in [1.29, 1.82) is 0 Å². The summed E-state index contributed by atoms with van der Waals surface area (Å²) in [7, 11) is 0. The molecule has 0 bridgehead atoms. The Balaban J connectivity index is 1.52. The van der Waals surface area contributed by atoms with E-state index in [9.17, 15) is 4.79 Å². The molecule has 1 N–H and O–H groups in total. The first kappa shape index (κ1) is 18.7. The molecule has 140 valence electrons. The maximum atomic E-state index is 12.1. The average molecular weight is 354 g/mol. The molecule has 26 heavy (non-hydrogen) atoms. The quantitative estimate of drug-likeness (QED) is 0.817. The second kappa shape index (κ2) is 9.04. The maximum absolute atomic E-state index is 12.1. The van der Waals surface area contributed by atoms with Gasteiger partial charge in [0.2, 0.25) is 5.91 Å². The number of nitrogens with zero attached hydrogens (tertiary/aromatic N) is 1. The Morgan fingerprint density at radius 2 is 1.85 bits per heavy atom. The number of aryl methyl sites for hydroxylation is 1. The number of carbonyl (C=O) groups excluding carboxylic acids is 1. The van der Waals surface area contributed by atoms with Gasteiger partial charge in [-0.15, -0.1) is 0 Å². The van der Waals surface area contributed by atoms with Crippen LogP contribution in [0.1, 0.15) is 43.6 Å². The molecule has 0 spiro atoms. The molecule has 4 nitrogen and oxygen atoms in total. The summed E-state index contributed by atoms with van der Waals surface area (Å²) >= 11 is 0. The van der Waals surface area contributed by atoms with E-state index < -0.39 is 0 Å². The molecule has 1 aromatic carbocycles. The van der Waals surface area contributed by atoms with Crippen molar-refractivity contribution < 1.29 is 9.21 Å². The van der Waals surface area contributed by atoms with Gasteiger partial charge in [0.1, 0.15) is 5.76 Å². The Morgan fingerprint density at radius 3 is 2.54 bits per heavy atom. The normalized spacial score (nSPS) is 20.8. The first-order chi connectivity index (χ1) is 12.6. The van der Waals surface area contributed by atoms with Gasteiger partial charge < -0.3 is 9.73 Å². The van der Waals surface area contributed by atoms with Gasteiger partial charge in [0.25, 0.3) is 0 Å². The summed E-state index contributed by atoms with van der Waals surface area (Å²) in [6.07, 6.45) is 4.07. The van der Waals surface area contributed by atoms with Crippen molar-refractivity contribution in [1.82, 2.24) is 10.2 Å². The SMILES string of the molecule is C[C@H]1C[C@H](C)CN(Cc2ccccc2CNC(=O)CCc2ccco2)C1. The van der Waals surface area contributed by atoms with Gasteiger partial charge in [-0.25, -0.2) is 0 Å². The summed E-state index contributed by atoms with van der Waals surface area (Å²) in [5.41, 5.74) is 2.53. The van der Waals surface area contributed by atoms with Crippen LogP contribution in [-0.4, -0.2) is 23.9 Å². The largest absolute Gasteiger partial charge is 0.469 e. The van der Waals surface area contributed by atoms with Crippen molar-refractivity contribution in [2.45, 2.75) is 46.2 Å². The van der Waals surface area contributed by atoms with Crippen LogP contribution in [-0.2, 0) is 24.3 Å². The zero-order chi connectivity index (χ0) is 18.4. The standard InChI is InChI=1S/C22H30N2O2/c1-17-12-18(2)15-24(14-17)16-20-7-4-3-6-19(20)13-23-22(25)10-9-21-8-5-11-26-21/h3-8,11,17-18H,9-10,12-16H2,1-2H3,(H,23,25)/t17-,18-/m0/s1. The molecule has 0 unspecified atom stereocenters. The van der Waals surface area contributed by atoms with E-state index in [0.29, 0.717) is 19.4 Å². The predicted octanol–water partition coefficient (Wildman–Crippen LogP) is 4.01. The minimum atomic E-state index is 0.0661. The monoisotopic (exact) mass is 354 g/mol. The fraction of sp³-hybridized carbons (Fsp3) is 0.500. The average Bonchev–Trinajstić information content (AvgIpc) is 3.12. The van der Waals surface area contributed by atoms with Crippen molar-refractivity contribution in [3.8, 4) is 0 Å². The van der Waals surface area contributed by atoms with Gasteiger partial charge in [0.15, 0.2) is 0 Å². The molecule has 2 aromatic rings. The Morgan fingerprint density at radius 1 is 1.12 bits per heavy atom. The van der Waals surface area contributed by atoms with Gasteiger partial charge in [-0.3, -0.25) is 9.69 Å². The number of furan rings is 1. The summed E-state index contributed by atoms with van der Waals surface area (Å²) in [6, 6.07) is 12.2. The Bertz CT molecular complexity index is 686. The smallest absolute Gasteiger partial charge is 0.220 e. The van der Waals surface area contributed by atoms with E-state index in [1.165, 1.54) is 17.5 Å². The fourth-order valence-corrected chi connectivity index (χ4v) is 4.02. The highest BCUT2D eigenvalue weighted by atomic mass is 16.3. The number of likely N-dealkylation sites (tertiary alicyclic amines) is 1. The van der Waals surface area contributed by atoms with E-state index >= 15 is 0 Å². The summed E-state index contributed by atoms with van der Waals surface area (Å²) < 4.78 is 5.28. The van der Waals surface area contributed by atoms with Crippen LogP contribution >= 0.6 is 0 Å². The van der Waals surface area contributed by atoms with Gasteiger partial charge in [0.05, 0.1) is 6.26 Å². The molecule has 1 aliphatic rings. The summed E-state index contributed by atoms with van der Waals surface area (Å²) in [6.45, 7) is 8.56. The predicted molar refractivity (Wildman–Crippen MR) is 104 cm³/mol. The number of rotatable bonds is 7. The molecule has 1 amide bonds. The number of carbonyl (C=O) groups is 1. The highest BCUT2D eigenvalue weighted by Crippen LogP contribution is 2.23. The third-order valence-electron chi connectivity index (χ3n) is 5.11. The molecule has 2 heterocycles. The summed E-state index contributed by atoms with van der Waals surface area (Å²) in [4.78, 5) is 14.7. The van der Waals surface area contributed by atoms with E-state index in [0.717, 1.165) is 37.2 Å². The lowest BCUT2D eigenvalue weighted by atomic mass is 9.91. The molecule has 3 rings (SSSR count). The minimum Gasteiger partial charge on any atom is -0.469 e. The number of piperidine rings is 1. The van der Waals surface area contributed by atoms with Crippen LogP contribution in [0.2, 0.25) is 0 Å². The molecule has 4 heteroatoms. The molecule has 1 aromatic heterocycles. The second-order valence-electron chi connectivity index (χ2n) is 7.76. The van der Waals surface area contributed by atoms with Crippen LogP contribution in [0, 0.1) is 11.8 Å². The van der Waals surface area contributed by atoms with E-state index in [4.69, 9.17) is 4.42 Å². The van der Waals surface area contributed by atoms with Crippen LogP contribution in [0.4, 0.5) is 0 Å². The van der Waals surface area contributed by atoms with Crippen LogP contribution in [0.25, 0.3) is 0 Å². The first-order valence-electron chi connectivity index (χ1n) is 9.68. The third-order valence-corrected chi connectivity index (χ3v) is 5.11. The number of amides is 1. The van der Waals surface area contributed by atoms with Gasteiger partial charge in [-0.2, -0.15) is 0 Å². The van der Waals surface area contributed by atoms with E-state index in [-0.39, 0.29) is 5.91 Å². The van der Waals surface area contributed by atoms with Gasteiger partial charge in [0, 0.05) is 39.0 Å². The fourth-order valence-electron chi connectivity index (χ4n) is 4.02. The zero-order valence-corrected chi connectivity index (χ0v) is 15.9. The van der Waals surface area contributed by atoms with Crippen LogP contribution < -0.4 is 5.32 Å². The van der Waals surface area contributed by atoms with Crippen molar-refractivity contribution >= 4 is 5.91 Å². The maximum Gasteiger partial charge on any atom is 0.220 e. The number of benzene rings is 1. The topological polar surface area (TPSA) is 45.5 Å². The van der Waals surface area contributed by atoms with Gasteiger partial charge in [-0.1, -0.05) is 38.1 Å². The van der Waals surface area contributed by atoms with Crippen LogP contribution in [0.15, 0.2) is 47.1 Å². The van der Waals surface area contributed by atoms with Gasteiger partial charge >= 0.3 is 0 Å². The Hall–Kier alpha value is -2.07. The molecule has 1 fully saturated rings. The van der Waals surface area contributed by atoms with E-state index in [2.05, 4.69) is 48.3 Å².